The van der Waals surface area contributed by atoms with Gasteiger partial charge in [0.15, 0.2) is 29.1 Å². The first-order chi connectivity index (χ1) is 6.58. The van der Waals surface area contributed by atoms with Crippen LogP contribution in [0, 0.1) is 5.41 Å². The van der Waals surface area contributed by atoms with E-state index >= 15 is 0 Å². The van der Waals surface area contributed by atoms with Gasteiger partial charge in [0, 0.05) is 0 Å². The van der Waals surface area contributed by atoms with Crippen molar-refractivity contribution in [2.75, 3.05) is 11.5 Å². The largest absolute Gasteiger partial charge is 0.382 e. The number of rotatable bonds is 1. The summed E-state index contributed by atoms with van der Waals surface area (Å²) in [5.74, 6) is 0.910. The van der Waals surface area contributed by atoms with Crippen LogP contribution in [0.4, 0.5) is 11.6 Å². The molecule has 0 aromatic carbocycles. The van der Waals surface area contributed by atoms with Crippen molar-refractivity contribution in [3.8, 4) is 0 Å². The molecule has 0 spiro atoms. The van der Waals surface area contributed by atoms with Crippen LogP contribution >= 0.6 is 0 Å². The molecule has 0 aliphatic carbocycles. The Labute approximate surface area is 78.4 Å². The summed E-state index contributed by atoms with van der Waals surface area (Å²) in [7, 11) is 0. The minimum atomic E-state index is -0.0893. The zero-order valence-electron chi connectivity index (χ0n) is 7.07. The van der Waals surface area contributed by atoms with E-state index in [1.807, 2.05) is 0 Å². The molecule has 1 aliphatic rings. The van der Waals surface area contributed by atoms with Gasteiger partial charge in [-0.2, -0.15) is 0 Å². The third kappa shape index (κ3) is 1.09. The lowest BCUT2D eigenvalue weighted by Crippen LogP contribution is -2.17. The summed E-state index contributed by atoms with van der Waals surface area (Å²) in [6.45, 7) is 0. The van der Waals surface area contributed by atoms with Gasteiger partial charge in [0.05, 0.1) is 0 Å². The number of aromatic nitrogens is 2. The SMILES string of the molecule is N=C1N=C(c2nc(N)c(N)[nH]2)N=C1N. The van der Waals surface area contributed by atoms with Gasteiger partial charge in [-0.1, -0.05) is 0 Å². The topological polar surface area (TPSA) is 155 Å². The minimum absolute atomic E-state index is 0.0496. The molecule has 0 saturated carbocycles. The molecule has 0 unspecified atom stereocenters. The first-order valence-corrected chi connectivity index (χ1v) is 3.71. The molecule has 1 aliphatic heterocycles. The fourth-order valence-corrected chi connectivity index (χ4v) is 0.967. The maximum Gasteiger partial charge on any atom is 0.200 e. The van der Waals surface area contributed by atoms with Crippen molar-refractivity contribution >= 4 is 29.1 Å². The van der Waals surface area contributed by atoms with Gasteiger partial charge in [-0.15, -0.1) is 0 Å². The second kappa shape index (κ2) is 2.55. The fraction of sp³-hybridized carbons (Fsp3) is 0. The van der Waals surface area contributed by atoms with Crippen LogP contribution in [0.5, 0.6) is 0 Å². The average Bonchev–Trinajstić information content (AvgIpc) is 2.60. The van der Waals surface area contributed by atoms with Crippen LogP contribution in [0.25, 0.3) is 0 Å². The lowest BCUT2D eigenvalue weighted by Gasteiger charge is -1.87. The Morgan fingerprint density at radius 1 is 1.14 bits per heavy atom. The summed E-state index contributed by atoms with van der Waals surface area (Å²) in [6.07, 6.45) is 0. The van der Waals surface area contributed by atoms with Crippen LogP contribution in [0.15, 0.2) is 9.98 Å². The van der Waals surface area contributed by atoms with Crippen LogP contribution < -0.4 is 17.2 Å². The Hall–Kier alpha value is -2.38. The number of nitrogen functional groups attached to an aromatic ring is 2. The third-order valence-electron chi connectivity index (χ3n) is 1.66. The maximum absolute atomic E-state index is 7.25. The second-order valence-corrected chi connectivity index (χ2v) is 2.67. The summed E-state index contributed by atoms with van der Waals surface area (Å²) >= 11 is 0. The number of nitrogens with two attached hydrogens (primary N) is 3. The smallest absolute Gasteiger partial charge is 0.200 e. The van der Waals surface area contributed by atoms with Gasteiger partial charge in [-0.25, -0.2) is 15.0 Å². The maximum atomic E-state index is 7.25. The number of amidine groups is 3. The number of aliphatic imine (C=N–C) groups is 2. The van der Waals surface area contributed by atoms with Crippen molar-refractivity contribution in [3.63, 3.8) is 0 Å². The molecule has 2 heterocycles. The predicted molar refractivity (Wildman–Crippen MR) is 53.3 cm³/mol. The summed E-state index contributed by atoms with van der Waals surface area (Å²) in [4.78, 5) is 14.1. The van der Waals surface area contributed by atoms with E-state index < -0.39 is 0 Å². The predicted octanol–water partition coefficient (Wildman–Crippen LogP) is -1.33. The fourth-order valence-electron chi connectivity index (χ4n) is 0.967. The zero-order valence-corrected chi connectivity index (χ0v) is 7.07. The highest BCUT2D eigenvalue weighted by molar-refractivity contribution is 6.46. The number of hydrogen-bond donors (Lipinski definition) is 5. The molecular weight excluding hydrogens is 184 g/mol. The van der Waals surface area contributed by atoms with Crippen molar-refractivity contribution in [2.24, 2.45) is 15.7 Å². The Bertz CT molecular complexity index is 445. The van der Waals surface area contributed by atoms with Crippen molar-refractivity contribution in [3.05, 3.63) is 5.82 Å². The molecule has 8 heteroatoms. The Balaban J connectivity index is 2.43. The summed E-state index contributed by atoms with van der Waals surface area (Å²) in [6, 6.07) is 0. The highest BCUT2D eigenvalue weighted by Gasteiger charge is 2.18. The number of hydrogen-bond acceptors (Lipinski definition) is 6. The summed E-state index contributed by atoms with van der Waals surface area (Å²) < 4.78 is 0. The van der Waals surface area contributed by atoms with E-state index in [2.05, 4.69) is 20.0 Å². The number of nitrogens with one attached hydrogen (secondary N) is 2. The Morgan fingerprint density at radius 2 is 1.86 bits per heavy atom. The monoisotopic (exact) mass is 192 g/mol. The van der Waals surface area contributed by atoms with Crippen molar-refractivity contribution in [2.45, 2.75) is 0 Å². The molecule has 0 radical (unpaired) electrons. The van der Waals surface area contributed by atoms with Crippen LogP contribution in [0.1, 0.15) is 5.82 Å². The number of H-pyrrole nitrogens is 1. The van der Waals surface area contributed by atoms with E-state index in [0.29, 0.717) is 5.82 Å². The van der Waals surface area contributed by atoms with Gasteiger partial charge in [-0.05, 0) is 0 Å². The van der Waals surface area contributed by atoms with Crippen molar-refractivity contribution in [1.29, 1.82) is 5.41 Å². The first kappa shape index (κ1) is 8.23. The lowest BCUT2D eigenvalue weighted by molar-refractivity contribution is 1.25. The molecule has 14 heavy (non-hydrogen) atoms. The van der Waals surface area contributed by atoms with Crippen molar-refractivity contribution in [1.82, 2.24) is 9.97 Å². The summed E-state index contributed by atoms with van der Waals surface area (Å²) in [5.41, 5.74) is 16.2. The van der Waals surface area contributed by atoms with Gasteiger partial charge in [0.2, 0.25) is 0 Å². The van der Waals surface area contributed by atoms with Gasteiger partial charge in [-0.3, -0.25) is 5.41 Å². The molecule has 1 aromatic heterocycles. The quantitative estimate of drug-likeness (QED) is 0.373. The van der Waals surface area contributed by atoms with E-state index in [1.54, 1.807) is 0 Å². The molecule has 0 amide bonds. The lowest BCUT2D eigenvalue weighted by atomic mass is 10.6. The van der Waals surface area contributed by atoms with Gasteiger partial charge >= 0.3 is 0 Å². The molecule has 0 bridgehead atoms. The molecule has 8 N–H and O–H groups in total. The van der Waals surface area contributed by atoms with Crippen molar-refractivity contribution < 1.29 is 0 Å². The Morgan fingerprint density at radius 3 is 2.29 bits per heavy atom. The van der Waals surface area contributed by atoms with E-state index in [-0.39, 0.29) is 29.1 Å². The molecule has 0 atom stereocenters. The van der Waals surface area contributed by atoms with Crippen LogP contribution in [0.2, 0.25) is 0 Å². The average molecular weight is 192 g/mol. The molecule has 1 aromatic rings. The van der Waals surface area contributed by atoms with Crippen LogP contribution in [-0.2, 0) is 0 Å². The molecule has 0 fully saturated rings. The van der Waals surface area contributed by atoms with Gasteiger partial charge in [0.25, 0.3) is 0 Å². The second-order valence-electron chi connectivity index (χ2n) is 2.67. The van der Waals surface area contributed by atoms with E-state index in [1.165, 1.54) is 0 Å². The van der Waals surface area contributed by atoms with E-state index in [0.717, 1.165) is 0 Å². The molecule has 72 valence electrons. The number of imidazole rings is 1. The van der Waals surface area contributed by atoms with Gasteiger partial charge in [0.1, 0.15) is 5.82 Å². The Kier molecular flexibility index (Phi) is 1.50. The molecule has 8 nitrogen and oxygen atoms in total. The van der Waals surface area contributed by atoms with E-state index in [4.69, 9.17) is 22.6 Å². The molecule has 2 rings (SSSR count). The zero-order chi connectivity index (χ0) is 10.3. The highest BCUT2D eigenvalue weighted by Crippen LogP contribution is 2.12. The molecular formula is C6H8N8. The first-order valence-electron chi connectivity index (χ1n) is 3.71. The standard InChI is InChI=1S/C6H8N8/c7-1-2(8)12-5(11-1)6-13-3(9)4(10)14-6/h7-8H2,(H,11,12)(H3,9,10,13,14). The highest BCUT2D eigenvalue weighted by atomic mass is 15.2. The normalized spacial score (nSPS) is 15.6. The number of nitrogens with zero attached hydrogens (tertiary/aromatic N) is 3. The third-order valence-corrected chi connectivity index (χ3v) is 1.66. The number of aromatic amines is 1. The molecule has 0 saturated heterocycles. The summed E-state index contributed by atoms with van der Waals surface area (Å²) in [5, 5.41) is 7.25. The van der Waals surface area contributed by atoms with Crippen LogP contribution in [0.3, 0.4) is 0 Å². The minimum Gasteiger partial charge on any atom is -0.382 e. The van der Waals surface area contributed by atoms with E-state index in [9.17, 15) is 0 Å². The van der Waals surface area contributed by atoms with Gasteiger partial charge < -0.3 is 22.2 Å². The number of anilines is 2. The van der Waals surface area contributed by atoms with Crippen LogP contribution in [-0.4, -0.2) is 27.5 Å².